The first kappa shape index (κ1) is 14.9. The molecular weight excluding hydrogens is 310 g/mol. The Hall–Kier alpha value is -0.480. The Balaban J connectivity index is 2.24. The fourth-order valence-electron chi connectivity index (χ4n) is 1.88. The molecule has 1 aromatic heterocycles. The second-order valence-corrected chi connectivity index (χ2v) is 9.55. The molecule has 1 aliphatic heterocycles. The Morgan fingerprint density at radius 2 is 2.05 bits per heavy atom. The van der Waals surface area contributed by atoms with Crippen LogP contribution < -0.4 is 0 Å². The Morgan fingerprint density at radius 3 is 2.68 bits per heavy atom. The van der Waals surface area contributed by atoms with E-state index in [1.54, 1.807) is 0 Å². The molecule has 0 atom stereocenters. The Bertz CT molecular complexity index is 646. The Kier molecular flexibility index (Phi) is 4.31. The first-order valence-electron chi connectivity index (χ1n) is 5.74. The van der Waals surface area contributed by atoms with Crippen LogP contribution in [0.3, 0.4) is 0 Å². The minimum absolute atomic E-state index is 0.00499. The van der Waals surface area contributed by atoms with E-state index in [0.29, 0.717) is 11.3 Å². The SMILES string of the molecule is O=S1(=O)CCCN(S(=O)(=O)c2csc(CO)c2)CC1. The van der Waals surface area contributed by atoms with Crippen molar-refractivity contribution in [3.8, 4) is 0 Å². The van der Waals surface area contributed by atoms with Gasteiger partial charge in [-0.05, 0) is 12.5 Å². The molecule has 6 nitrogen and oxygen atoms in total. The molecule has 1 saturated heterocycles. The van der Waals surface area contributed by atoms with Gasteiger partial charge in [-0.15, -0.1) is 11.3 Å². The first-order valence-corrected chi connectivity index (χ1v) is 9.88. The van der Waals surface area contributed by atoms with Crippen molar-refractivity contribution >= 4 is 31.2 Å². The van der Waals surface area contributed by atoms with Crippen LogP contribution in [-0.4, -0.2) is 50.8 Å². The molecule has 1 N–H and O–H groups in total. The van der Waals surface area contributed by atoms with E-state index >= 15 is 0 Å². The normalized spacial score (nSPS) is 21.1. The second kappa shape index (κ2) is 5.49. The van der Waals surface area contributed by atoms with E-state index in [0.717, 1.165) is 0 Å². The maximum Gasteiger partial charge on any atom is 0.243 e. The van der Waals surface area contributed by atoms with Gasteiger partial charge in [0.15, 0.2) is 9.84 Å². The zero-order chi connectivity index (χ0) is 14.1. The summed E-state index contributed by atoms with van der Waals surface area (Å²) in [6.07, 6.45) is 0.318. The summed E-state index contributed by atoms with van der Waals surface area (Å²) in [7, 11) is -6.79. The largest absolute Gasteiger partial charge is 0.391 e. The molecule has 19 heavy (non-hydrogen) atoms. The summed E-state index contributed by atoms with van der Waals surface area (Å²) >= 11 is 1.17. The lowest BCUT2D eigenvalue weighted by Crippen LogP contribution is -2.33. The van der Waals surface area contributed by atoms with Gasteiger partial charge in [-0.2, -0.15) is 4.31 Å². The summed E-state index contributed by atoms with van der Waals surface area (Å²) in [6.45, 7) is 0.00933. The summed E-state index contributed by atoms with van der Waals surface area (Å²) in [5.41, 5.74) is 0. The van der Waals surface area contributed by atoms with Crippen molar-refractivity contribution in [3.05, 3.63) is 16.3 Å². The molecule has 1 aliphatic rings. The third kappa shape index (κ3) is 3.34. The highest BCUT2D eigenvalue weighted by Crippen LogP contribution is 2.23. The van der Waals surface area contributed by atoms with Crippen LogP contribution in [0.1, 0.15) is 11.3 Å². The molecule has 0 radical (unpaired) electrons. The zero-order valence-corrected chi connectivity index (χ0v) is 12.6. The maximum absolute atomic E-state index is 12.3. The molecule has 2 heterocycles. The Morgan fingerprint density at radius 1 is 1.32 bits per heavy atom. The molecule has 0 amide bonds. The van der Waals surface area contributed by atoms with Crippen molar-refractivity contribution in [2.75, 3.05) is 24.6 Å². The summed E-state index contributed by atoms with van der Waals surface area (Å²) in [6, 6.07) is 1.43. The van der Waals surface area contributed by atoms with Gasteiger partial charge in [-0.1, -0.05) is 0 Å². The molecule has 0 aromatic carbocycles. The highest BCUT2D eigenvalue weighted by Gasteiger charge is 2.29. The van der Waals surface area contributed by atoms with E-state index in [1.807, 2.05) is 0 Å². The predicted octanol–water partition coefficient (Wildman–Crippen LogP) is 0.0496. The van der Waals surface area contributed by atoms with Crippen LogP contribution in [0.25, 0.3) is 0 Å². The second-order valence-electron chi connectivity index (χ2n) is 4.32. The van der Waals surface area contributed by atoms with Crippen LogP contribution in [0.2, 0.25) is 0 Å². The van der Waals surface area contributed by atoms with Gasteiger partial charge in [0.05, 0.1) is 23.0 Å². The third-order valence-corrected chi connectivity index (χ3v) is 7.60. The lowest BCUT2D eigenvalue weighted by atomic mass is 10.5. The van der Waals surface area contributed by atoms with Gasteiger partial charge in [0.1, 0.15) is 0 Å². The molecule has 1 fully saturated rings. The maximum atomic E-state index is 12.3. The average molecular weight is 325 g/mol. The fourth-order valence-corrected chi connectivity index (χ4v) is 5.87. The Labute approximate surface area is 116 Å². The van der Waals surface area contributed by atoms with Gasteiger partial charge in [-0.25, -0.2) is 16.8 Å². The molecular formula is C10H15NO5S3. The monoisotopic (exact) mass is 325 g/mol. The van der Waals surface area contributed by atoms with Crippen LogP contribution in [-0.2, 0) is 26.5 Å². The van der Waals surface area contributed by atoms with Gasteiger partial charge in [0.25, 0.3) is 0 Å². The first-order chi connectivity index (χ1) is 8.85. The number of thiophene rings is 1. The number of hydrogen-bond donors (Lipinski definition) is 1. The number of aliphatic hydroxyl groups excluding tert-OH is 1. The van der Waals surface area contributed by atoms with E-state index in [-0.39, 0.29) is 36.1 Å². The smallest absolute Gasteiger partial charge is 0.243 e. The number of aliphatic hydroxyl groups is 1. The van der Waals surface area contributed by atoms with E-state index in [1.165, 1.54) is 27.1 Å². The summed E-state index contributed by atoms with van der Waals surface area (Å²) < 4.78 is 48.8. The molecule has 1 aromatic rings. The van der Waals surface area contributed by atoms with Crippen molar-refractivity contribution in [1.82, 2.24) is 4.31 Å². The molecule has 2 rings (SSSR count). The number of rotatable bonds is 3. The summed E-state index contributed by atoms with van der Waals surface area (Å²) in [5, 5.41) is 10.4. The lowest BCUT2D eigenvalue weighted by Gasteiger charge is -2.18. The van der Waals surface area contributed by atoms with Crippen LogP contribution in [0, 0.1) is 0 Å². The molecule has 0 unspecified atom stereocenters. The van der Waals surface area contributed by atoms with E-state index in [4.69, 9.17) is 5.11 Å². The molecule has 0 bridgehead atoms. The van der Waals surface area contributed by atoms with Crippen LogP contribution in [0.4, 0.5) is 0 Å². The van der Waals surface area contributed by atoms with Crippen molar-refractivity contribution in [2.45, 2.75) is 17.9 Å². The van der Waals surface area contributed by atoms with Crippen molar-refractivity contribution in [2.24, 2.45) is 0 Å². The van der Waals surface area contributed by atoms with Crippen LogP contribution >= 0.6 is 11.3 Å². The lowest BCUT2D eigenvalue weighted by molar-refractivity contribution is 0.285. The van der Waals surface area contributed by atoms with Gasteiger partial charge >= 0.3 is 0 Å². The number of sulfone groups is 1. The quantitative estimate of drug-likeness (QED) is 0.848. The summed E-state index contributed by atoms with van der Waals surface area (Å²) in [5.74, 6) is -0.103. The molecule has 0 aliphatic carbocycles. The van der Waals surface area contributed by atoms with E-state index in [9.17, 15) is 16.8 Å². The van der Waals surface area contributed by atoms with E-state index < -0.39 is 19.9 Å². The number of nitrogens with zero attached hydrogens (tertiary/aromatic N) is 1. The number of hydrogen-bond acceptors (Lipinski definition) is 6. The van der Waals surface area contributed by atoms with Crippen LogP contribution in [0.5, 0.6) is 0 Å². The van der Waals surface area contributed by atoms with Crippen molar-refractivity contribution in [3.63, 3.8) is 0 Å². The minimum atomic E-state index is -3.66. The zero-order valence-electron chi connectivity index (χ0n) is 10.1. The van der Waals surface area contributed by atoms with Crippen LogP contribution in [0.15, 0.2) is 16.3 Å². The van der Waals surface area contributed by atoms with Gasteiger partial charge in [-0.3, -0.25) is 0 Å². The predicted molar refractivity (Wildman–Crippen MR) is 72.3 cm³/mol. The fraction of sp³-hybridized carbons (Fsp3) is 0.600. The van der Waals surface area contributed by atoms with Gasteiger partial charge in [0, 0.05) is 23.3 Å². The standard InChI is InChI=1S/C10H15NO5S3/c12-7-9-6-10(8-17-9)19(15,16)11-2-1-4-18(13,14)5-3-11/h6,8,12H,1-5,7H2. The van der Waals surface area contributed by atoms with Gasteiger partial charge in [0.2, 0.25) is 10.0 Å². The number of sulfonamides is 1. The minimum Gasteiger partial charge on any atom is -0.391 e. The highest BCUT2D eigenvalue weighted by molar-refractivity contribution is 7.91. The van der Waals surface area contributed by atoms with E-state index in [2.05, 4.69) is 0 Å². The highest BCUT2D eigenvalue weighted by atomic mass is 32.2. The molecule has 0 spiro atoms. The summed E-state index contributed by atoms with van der Waals surface area (Å²) in [4.78, 5) is 0.696. The average Bonchev–Trinajstić information content (AvgIpc) is 2.75. The topological polar surface area (TPSA) is 91.8 Å². The molecule has 108 valence electrons. The third-order valence-electron chi connectivity index (χ3n) is 2.94. The van der Waals surface area contributed by atoms with Crippen molar-refractivity contribution < 1.29 is 21.9 Å². The van der Waals surface area contributed by atoms with Gasteiger partial charge < -0.3 is 5.11 Å². The van der Waals surface area contributed by atoms with Crippen molar-refractivity contribution in [1.29, 1.82) is 0 Å². The molecule has 9 heteroatoms. The molecule has 0 saturated carbocycles.